The van der Waals surface area contributed by atoms with Gasteiger partial charge < -0.3 is 5.32 Å². The third-order valence-corrected chi connectivity index (χ3v) is 7.28. The second-order valence-corrected chi connectivity index (χ2v) is 8.22. The van der Waals surface area contributed by atoms with Crippen LogP contribution in [0.15, 0.2) is 18.5 Å². The molecule has 1 aliphatic heterocycles. The van der Waals surface area contributed by atoms with Crippen LogP contribution >= 0.6 is 23.5 Å². The van der Waals surface area contributed by atoms with Gasteiger partial charge in [0.25, 0.3) is 0 Å². The standard InChI is InChI=1S/C15H24N2S2/c1-5-17-15(13-8-16-7-6-10(13)2)14-9-18-11(3)12(4)19-14/h6-8,11-12,14-15,17H,5,9H2,1-4H3. The fraction of sp³-hybridized carbons (Fsp3) is 0.667. The van der Waals surface area contributed by atoms with E-state index in [1.165, 1.54) is 16.9 Å². The summed E-state index contributed by atoms with van der Waals surface area (Å²) in [6.45, 7) is 10.1. The number of nitrogens with zero attached hydrogens (tertiary/aromatic N) is 1. The zero-order valence-corrected chi connectivity index (χ0v) is 13.9. The van der Waals surface area contributed by atoms with E-state index < -0.39 is 0 Å². The fourth-order valence-corrected chi connectivity index (χ4v) is 5.55. The Balaban J connectivity index is 2.19. The molecule has 1 aromatic rings. The first kappa shape index (κ1) is 15.2. The Bertz CT molecular complexity index is 411. The Morgan fingerprint density at radius 2 is 2.21 bits per heavy atom. The molecule has 19 heavy (non-hydrogen) atoms. The van der Waals surface area contributed by atoms with Gasteiger partial charge in [-0.3, -0.25) is 4.98 Å². The Hall–Kier alpha value is -0.190. The molecule has 4 unspecified atom stereocenters. The molecule has 1 saturated heterocycles. The van der Waals surface area contributed by atoms with E-state index in [4.69, 9.17) is 0 Å². The van der Waals surface area contributed by atoms with Crippen LogP contribution in [-0.2, 0) is 0 Å². The van der Waals surface area contributed by atoms with E-state index in [1.54, 1.807) is 0 Å². The Labute approximate surface area is 125 Å². The molecule has 0 aromatic carbocycles. The lowest BCUT2D eigenvalue weighted by Crippen LogP contribution is -2.37. The SMILES string of the molecule is CCNC(c1cnccc1C)C1CSC(C)C(C)S1. The first-order chi connectivity index (χ1) is 9.13. The van der Waals surface area contributed by atoms with Gasteiger partial charge in [0.05, 0.1) is 0 Å². The van der Waals surface area contributed by atoms with Crippen molar-refractivity contribution in [2.75, 3.05) is 12.3 Å². The van der Waals surface area contributed by atoms with Crippen molar-refractivity contribution in [3.8, 4) is 0 Å². The minimum absolute atomic E-state index is 0.422. The van der Waals surface area contributed by atoms with Crippen molar-refractivity contribution in [2.45, 2.75) is 49.5 Å². The molecule has 4 heteroatoms. The van der Waals surface area contributed by atoms with Crippen LogP contribution in [0.25, 0.3) is 0 Å². The lowest BCUT2D eigenvalue weighted by atomic mass is 10.0. The van der Waals surface area contributed by atoms with Gasteiger partial charge in [0, 0.05) is 39.9 Å². The third kappa shape index (κ3) is 3.67. The number of pyridine rings is 1. The molecular formula is C15H24N2S2. The van der Waals surface area contributed by atoms with E-state index in [-0.39, 0.29) is 0 Å². The van der Waals surface area contributed by atoms with Crippen molar-refractivity contribution in [1.29, 1.82) is 0 Å². The summed E-state index contributed by atoms with van der Waals surface area (Å²) in [7, 11) is 0. The molecule has 2 nitrogen and oxygen atoms in total. The van der Waals surface area contributed by atoms with Crippen LogP contribution in [0.1, 0.15) is 37.9 Å². The smallest absolute Gasteiger partial charge is 0.0466 e. The van der Waals surface area contributed by atoms with Crippen LogP contribution in [0.2, 0.25) is 0 Å². The summed E-state index contributed by atoms with van der Waals surface area (Å²) in [5, 5.41) is 5.80. The second-order valence-electron chi connectivity index (χ2n) is 5.19. The van der Waals surface area contributed by atoms with Crippen molar-refractivity contribution < 1.29 is 0 Å². The van der Waals surface area contributed by atoms with Crippen molar-refractivity contribution in [3.05, 3.63) is 29.6 Å². The van der Waals surface area contributed by atoms with Gasteiger partial charge in [-0.2, -0.15) is 23.5 Å². The van der Waals surface area contributed by atoms with Gasteiger partial charge in [-0.1, -0.05) is 20.8 Å². The average Bonchev–Trinajstić information content (AvgIpc) is 2.40. The van der Waals surface area contributed by atoms with E-state index >= 15 is 0 Å². The Kier molecular flexibility index (Phi) is 5.60. The van der Waals surface area contributed by atoms with Gasteiger partial charge in [0.2, 0.25) is 0 Å². The number of aryl methyl sites for hydroxylation is 1. The highest BCUT2D eigenvalue weighted by molar-refractivity contribution is 8.07. The average molecular weight is 297 g/mol. The zero-order chi connectivity index (χ0) is 13.8. The topological polar surface area (TPSA) is 24.9 Å². The minimum Gasteiger partial charge on any atom is -0.309 e. The molecule has 0 spiro atoms. The summed E-state index contributed by atoms with van der Waals surface area (Å²) in [5.41, 5.74) is 2.71. The van der Waals surface area contributed by atoms with E-state index in [0.29, 0.717) is 11.3 Å². The van der Waals surface area contributed by atoms with Crippen molar-refractivity contribution in [3.63, 3.8) is 0 Å². The van der Waals surface area contributed by atoms with E-state index in [1.807, 2.05) is 12.4 Å². The highest BCUT2D eigenvalue weighted by Crippen LogP contribution is 2.41. The summed E-state index contributed by atoms with van der Waals surface area (Å²) < 4.78 is 0. The summed E-state index contributed by atoms with van der Waals surface area (Å²) >= 11 is 4.24. The second kappa shape index (κ2) is 7.00. The number of aromatic nitrogens is 1. The maximum absolute atomic E-state index is 4.32. The zero-order valence-electron chi connectivity index (χ0n) is 12.2. The number of hydrogen-bond acceptors (Lipinski definition) is 4. The largest absolute Gasteiger partial charge is 0.309 e. The predicted molar refractivity (Wildman–Crippen MR) is 88.2 cm³/mol. The molecule has 1 N–H and O–H groups in total. The molecular weight excluding hydrogens is 272 g/mol. The van der Waals surface area contributed by atoms with Crippen LogP contribution in [0, 0.1) is 6.92 Å². The molecule has 1 aromatic heterocycles. The lowest BCUT2D eigenvalue weighted by molar-refractivity contribution is 0.543. The van der Waals surface area contributed by atoms with Crippen LogP contribution in [-0.4, -0.2) is 33.0 Å². The molecule has 2 rings (SSSR count). The molecule has 1 aliphatic rings. The van der Waals surface area contributed by atoms with Gasteiger partial charge in [0.15, 0.2) is 0 Å². The maximum atomic E-state index is 4.32. The first-order valence-corrected chi connectivity index (χ1v) is 9.03. The van der Waals surface area contributed by atoms with Gasteiger partial charge in [-0.25, -0.2) is 0 Å². The van der Waals surface area contributed by atoms with E-state index in [2.05, 4.69) is 67.6 Å². The molecule has 4 atom stereocenters. The number of nitrogens with one attached hydrogen (secondary N) is 1. The van der Waals surface area contributed by atoms with Gasteiger partial charge in [-0.15, -0.1) is 0 Å². The minimum atomic E-state index is 0.422. The molecule has 0 aliphatic carbocycles. The van der Waals surface area contributed by atoms with Crippen LogP contribution in [0.5, 0.6) is 0 Å². The Morgan fingerprint density at radius 3 is 2.84 bits per heavy atom. The highest BCUT2D eigenvalue weighted by Gasteiger charge is 2.32. The number of thioether (sulfide) groups is 2. The Morgan fingerprint density at radius 1 is 1.42 bits per heavy atom. The summed E-state index contributed by atoms with van der Waals surface area (Å²) in [5.74, 6) is 1.22. The summed E-state index contributed by atoms with van der Waals surface area (Å²) in [6.07, 6.45) is 3.92. The molecule has 0 amide bonds. The number of hydrogen-bond donors (Lipinski definition) is 1. The predicted octanol–water partition coefficient (Wildman–Crippen LogP) is 3.67. The molecule has 0 saturated carbocycles. The highest BCUT2D eigenvalue weighted by atomic mass is 32.2. The van der Waals surface area contributed by atoms with Crippen molar-refractivity contribution in [1.82, 2.24) is 10.3 Å². The van der Waals surface area contributed by atoms with Gasteiger partial charge >= 0.3 is 0 Å². The molecule has 1 fully saturated rings. The normalized spacial score (nSPS) is 29.2. The first-order valence-electron chi connectivity index (χ1n) is 7.04. The van der Waals surface area contributed by atoms with Crippen LogP contribution in [0.4, 0.5) is 0 Å². The van der Waals surface area contributed by atoms with Crippen LogP contribution < -0.4 is 5.32 Å². The van der Waals surface area contributed by atoms with Gasteiger partial charge in [0.1, 0.15) is 0 Å². The summed E-state index contributed by atoms with van der Waals surface area (Å²) in [6, 6.07) is 2.54. The molecule has 2 heterocycles. The quantitative estimate of drug-likeness (QED) is 0.916. The van der Waals surface area contributed by atoms with Crippen molar-refractivity contribution in [2.24, 2.45) is 0 Å². The van der Waals surface area contributed by atoms with Gasteiger partial charge in [-0.05, 0) is 30.7 Å². The maximum Gasteiger partial charge on any atom is 0.0466 e. The van der Waals surface area contributed by atoms with Crippen molar-refractivity contribution >= 4 is 23.5 Å². The fourth-order valence-electron chi connectivity index (χ4n) is 2.45. The molecule has 0 bridgehead atoms. The van der Waals surface area contributed by atoms with E-state index in [0.717, 1.165) is 17.0 Å². The third-order valence-electron chi connectivity index (χ3n) is 3.78. The van der Waals surface area contributed by atoms with E-state index in [9.17, 15) is 0 Å². The lowest BCUT2D eigenvalue weighted by Gasteiger charge is -2.36. The number of rotatable bonds is 4. The molecule has 0 radical (unpaired) electrons. The molecule has 106 valence electrons. The summed E-state index contributed by atoms with van der Waals surface area (Å²) in [4.78, 5) is 4.32. The van der Waals surface area contributed by atoms with Crippen LogP contribution in [0.3, 0.4) is 0 Å². The monoisotopic (exact) mass is 296 g/mol.